The van der Waals surface area contributed by atoms with Crippen LogP contribution in [0, 0.1) is 0 Å². The van der Waals surface area contributed by atoms with Gasteiger partial charge in [0, 0.05) is 0 Å². The third-order valence-electron chi connectivity index (χ3n) is 2.44. The summed E-state index contributed by atoms with van der Waals surface area (Å²) in [5.74, 6) is -1.65. The lowest BCUT2D eigenvalue weighted by atomic mass is 10.1. The van der Waals surface area contributed by atoms with Crippen LogP contribution in [0.4, 0.5) is 23.7 Å². The molecule has 1 aromatic carbocycles. The first-order valence-corrected chi connectivity index (χ1v) is 5.13. The normalized spacial score (nSPS) is 16.6. The van der Waals surface area contributed by atoms with Gasteiger partial charge in [-0.25, -0.2) is 9.69 Å². The first-order valence-electron chi connectivity index (χ1n) is 5.13. The van der Waals surface area contributed by atoms with Gasteiger partial charge in [-0.2, -0.15) is 13.2 Å². The van der Waals surface area contributed by atoms with Gasteiger partial charge in [0.25, 0.3) is 0 Å². The van der Waals surface area contributed by atoms with E-state index in [1.165, 1.54) is 6.07 Å². The number of nitrogens with one attached hydrogen (secondary N) is 1. The molecule has 0 aliphatic carbocycles. The molecule has 0 aromatic heterocycles. The van der Waals surface area contributed by atoms with Crippen molar-refractivity contribution in [2.75, 3.05) is 4.90 Å². The van der Waals surface area contributed by atoms with Crippen LogP contribution in [-0.4, -0.2) is 17.8 Å². The van der Waals surface area contributed by atoms with E-state index in [2.05, 4.69) is 0 Å². The van der Waals surface area contributed by atoms with Crippen LogP contribution in [0.3, 0.4) is 0 Å². The van der Waals surface area contributed by atoms with Gasteiger partial charge in [0.1, 0.15) is 6.42 Å². The lowest BCUT2D eigenvalue weighted by molar-refractivity contribution is -0.137. The Kier molecular flexibility index (Phi) is 3.01. The van der Waals surface area contributed by atoms with E-state index in [1.807, 2.05) is 5.32 Å². The second kappa shape index (κ2) is 4.38. The van der Waals surface area contributed by atoms with E-state index in [4.69, 9.17) is 0 Å². The number of anilines is 1. The number of rotatable bonds is 1. The number of urea groups is 1. The van der Waals surface area contributed by atoms with Crippen LogP contribution in [-0.2, 0) is 15.8 Å². The summed E-state index contributed by atoms with van der Waals surface area (Å²) in [6.07, 6.45) is -5.16. The number of carbonyl (C=O) groups excluding carboxylic acids is 3. The number of barbiturate groups is 1. The molecule has 4 amide bonds. The van der Waals surface area contributed by atoms with Crippen molar-refractivity contribution < 1.29 is 27.6 Å². The van der Waals surface area contributed by atoms with E-state index >= 15 is 0 Å². The summed E-state index contributed by atoms with van der Waals surface area (Å²) in [6.45, 7) is 0. The molecule has 2 rings (SSSR count). The van der Waals surface area contributed by atoms with Gasteiger partial charge in [-0.15, -0.1) is 0 Å². The number of amides is 4. The highest BCUT2D eigenvalue weighted by molar-refractivity contribution is 6.26. The Hall–Kier alpha value is -2.38. The van der Waals surface area contributed by atoms with Gasteiger partial charge >= 0.3 is 12.2 Å². The molecule has 0 atom stereocenters. The minimum Gasteiger partial charge on any atom is -0.277 e. The number of benzene rings is 1. The molecule has 19 heavy (non-hydrogen) atoms. The molecule has 0 unspecified atom stereocenters. The van der Waals surface area contributed by atoms with Crippen LogP contribution in [0.15, 0.2) is 24.3 Å². The molecule has 0 spiro atoms. The van der Waals surface area contributed by atoms with E-state index in [0.29, 0.717) is 11.0 Å². The smallest absolute Gasteiger partial charge is 0.277 e. The van der Waals surface area contributed by atoms with Crippen molar-refractivity contribution in [2.45, 2.75) is 12.6 Å². The Balaban J connectivity index is 2.39. The van der Waals surface area contributed by atoms with E-state index in [1.54, 1.807) is 0 Å². The summed E-state index contributed by atoms with van der Waals surface area (Å²) in [5.41, 5.74) is -1.22. The standard InChI is InChI=1S/C11H7F3N2O3/c12-11(13,14)6-2-1-3-7(4-6)16-9(18)5-8(17)15-10(16)19/h1-4H,5H2,(H,15,17,19). The number of halogens is 3. The van der Waals surface area contributed by atoms with Gasteiger partial charge in [-0.05, 0) is 18.2 Å². The molecular formula is C11H7F3N2O3. The fourth-order valence-corrected chi connectivity index (χ4v) is 1.63. The molecule has 100 valence electrons. The first-order chi connectivity index (χ1) is 8.79. The van der Waals surface area contributed by atoms with Crippen LogP contribution in [0.2, 0.25) is 0 Å². The predicted molar refractivity (Wildman–Crippen MR) is 57.1 cm³/mol. The summed E-state index contributed by atoms with van der Waals surface area (Å²) in [7, 11) is 0. The van der Waals surface area contributed by atoms with Crippen molar-refractivity contribution >= 4 is 23.5 Å². The largest absolute Gasteiger partial charge is 0.416 e. The van der Waals surface area contributed by atoms with E-state index < -0.39 is 36.0 Å². The van der Waals surface area contributed by atoms with Crippen molar-refractivity contribution in [1.82, 2.24) is 5.32 Å². The van der Waals surface area contributed by atoms with Crippen molar-refractivity contribution in [3.05, 3.63) is 29.8 Å². The predicted octanol–water partition coefficient (Wildman–Crippen LogP) is 1.68. The molecule has 0 radical (unpaired) electrons. The highest BCUT2D eigenvalue weighted by atomic mass is 19.4. The maximum absolute atomic E-state index is 12.5. The zero-order chi connectivity index (χ0) is 14.2. The molecule has 8 heteroatoms. The number of alkyl halides is 3. The Morgan fingerprint density at radius 2 is 1.84 bits per heavy atom. The third kappa shape index (κ3) is 2.56. The topological polar surface area (TPSA) is 66.5 Å². The van der Waals surface area contributed by atoms with Gasteiger partial charge in [0.05, 0.1) is 11.3 Å². The summed E-state index contributed by atoms with van der Waals surface area (Å²) in [5, 5.41) is 1.86. The SMILES string of the molecule is O=C1CC(=O)N(c2cccc(C(F)(F)F)c2)C(=O)N1. The minimum atomic E-state index is -4.58. The fraction of sp³-hybridized carbons (Fsp3) is 0.182. The number of nitrogens with zero attached hydrogens (tertiary/aromatic N) is 1. The van der Waals surface area contributed by atoms with E-state index in [0.717, 1.165) is 12.1 Å². The average molecular weight is 272 g/mol. The molecule has 1 heterocycles. The lowest BCUT2D eigenvalue weighted by Gasteiger charge is -2.25. The molecule has 1 saturated heterocycles. The minimum absolute atomic E-state index is 0.232. The molecule has 1 aliphatic rings. The van der Waals surface area contributed by atoms with Crippen molar-refractivity contribution in [3.63, 3.8) is 0 Å². The summed E-state index contributed by atoms with van der Waals surface area (Å²) < 4.78 is 37.6. The molecule has 1 aromatic rings. The second-order valence-corrected chi connectivity index (χ2v) is 3.81. The maximum atomic E-state index is 12.5. The van der Waals surface area contributed by atoms with Crippen molar-refractivity contribution in [3.8, 4) is 0 Å². The maximum Gasteiger partial charge on any atom is 0.416 e. The molecular weight excluding hydrogens is 265 g/mol. The Morgan fingerprint density at radius 3 is 2.42 bits per heavy atom. The second-order valence-electron chi connectivity index (χ2n) is 3.81. The van der Waals surface area contributed by atoms with Crippen LogP contribution in [0.5, 0.6) is 0 Å². The van der Waals surface area contributed by atoms with Crippen molar-refractivity contribution in [2.24, 2.45) is 0 Å². The van der Waals surface area contributed by atoms with Crippen LogP contribution >= 0.6 is 0 Å². The van der Waals surface area contributed by atoms with Crippen LogP contribution in [0.25, 0.3) is 0 Å². The average Bonchev–Trinajstić information content (AvgIpc) is 2.26. The summed E-state index contributed by atoms with van der Waals surface area (Å²) >= 11 is 0. The number of hydrogen-bond donors (Lipinski definition) is 1. The fourth-order valence-electron chi connectivity index (χ4n) is 1.63. The van der Waals surface area contributed by atoms with Gasteiger partial charge in [-0.1, -0.05) is 6.07 Å². The number of hydrogen-bond acceptors (Lipinski definition) is 3. The van der Waals surface area contributed by atoms with E-state index in [-0.39, 0.29) is 5.69 Å². The van der Waals surface area contributed by atoms with Crippen molar-refractivity contribution in [1.29, 1.82) is 0 Å². The van der Waals surface area contributed by atoms with Gasteiger partial charge < -0.3 is 0 Å². The lowest BCUT2D eigenvalue weighted by Crippen LogP contribution is -2.53. The van der Waals surface area contributed by atoms with Gasteiger partial charge in [0.2, 0.25) is 11.8 Å². The zero-order valence-corrected chi connectivity index (χ0v) is 9.32. The summed E-state index contributed by atoms with van der Waals surface area (Å²) in [4.78, 5) is 34.4. The highest BCUT2D eigenvalue weighted by Crippen LogP contribution is 2.32. The van der Waals surface area contributed by atoms with Gasteiger partial charge in [0.15, 0.2) is 0 Å². The highest BCUT2D eigenvalue weighted by Gasteiger charge is 2.35. The number of carbonyl (C=O) groups is 3. The first kappa shape index (κ1) is 13.1. The third-order valence-corrected chi connectivity index (χ3v) is 2.44. The van der Waals surface area contributed by atoms with Crippen LogP contribution < -0.4 is 10.2 Å². The molecule has 5 nitrogen and oxygen atoms in total. The quantitative estimate of drug-likeness (QED) is 0.791. The number of imide groups is 2. The molecule has 0 saturated carbocycles. The molecule has 1 N–H and O–H groups in total. The zero-order valence-electron chi connectivity index (χ0n) is 9.32. The Bertz CT molecular complexity index is 549. The van der Waals surface area contributed by atoms with Crippen LogP contribution in [0.1, 0.15) is 12.0 Å². The molecule has 1 fully saturated rings. The monoisotopic (exact) mass is 272 g/mol. The van der Waals surface area contributed by atoms with E-state index in [9.17, 15) is 27.6 Å². The molecule has 1 aliphatic heterocycles. The Labute approximate surface area is 105 Å². The van der Waals surface area contributed by atoms with Gasteiger partial charge in [-0.3, -0.25) is 14.9 Å². The molecule has 0 bridgehead atoms. The summed E-state index contributed by atoms with van der Waals surface area (Å²) in [6, 6.07) is 2.70. The Morgan fingerprint density at radius 1 is 1.16 bits per heavy atom.